The van der Waals surface area contributed by atoms with Gasteiger partial charge in [-0.1, -0.05) is 48.0 Å². The van der Waals surface area contributed by atoms with E-state index in [2.05, 4.69) is 0 Å². The molecule has 0 saturated carbocycles. The number of ether oxygens (including phenoxy) is 1. The van der Waals surface area contributed by atoms with Crippen LogP contribution in [0.3, 0.4) is 0 Å². The average molecular weight is 563 g/mol. The summed E-state index contributed by atoms with van der Waals surface area (Å²) in [5.41, 5.74) is 4.26. The van der Waals surface area contributed by atoms with Crippen molar-refractivity contribution in [2.24, 2.45) is 0 Å². The Balaban J connectivity index is 1.29. The fraction of sp³-hybridized carbons (Fsp3) is 0.179. The number of para-hydroxylation sites is 2. The number of rotatable bonds is 7. The van der Waals surface area contributed by atoms with Crippen molar-refractivity contribution in [2.75, 3.05) is 19.4 Å². The maximum Gasteiger partial charge on any atom is 0.261 e. The Hall–Kier alpha value is -3.99. The van der Waals surface area contributed by atoms with Crippen molar-refractivity contribution in [1.29, 1.82) is 0 Å². The first-order valence-electron chi connectivity index (χ1n) is 12.2. The summed E-state index contributed by atoms with van der Waals surface area (Å²) in [7, 11) is -2.24. The number of hydrogen-bond donors (Lipinski definition) is 0. The molecular weight excluding hydrogens is 540 g/mol. The van der Waals surface area contributed by atoms with Gasteiger partial charge in [-0.05, 0) is 36.4 Å². The van der Waals surface area contributed by atoms with Crippen LogP contribution in [0.1, 0.15) is 32.0 Å². The molecule has 0 atom stereocenters. The van der Waals surface area contributed by atoms with E-state index in [0.29, 0.717) is 27.6 Å². The van der Waals surface area contributed by atoms with Gasteiger partial charge in [0, 0.05) is 29.2 Å². The minimum absolute atomic E-state index is 0.0719. The number of sulfonamides is 1. The first kappa shape index (κ1) is 25.3. The summed E-state index contributed by atoms with van der Waals surface area (Å²) in [4.78, 5) is 26.4. The van der Waals surface area contributed by atoms with Crippen molar-refractivity contribution in [3.8, 4) is 22.7 Å². The average Bonchev–Trinajstić information content (AvgIpc) is 3.59. The number of benzene rings is 3. The third-order valence-electron chi connectivity index (χ3n) is 7.00. The fourth-order valence-electron chi connectivity index (χ4n) is 5.05. The molecule has 2 aliphatic heterocycles. The van der Waals surface area contributed by atoms with Gasteiger partial charge in [-0.15, -0.1) is 0 Å². The molecule has 0 N–H and O–H groups in total. The molecule has 0 unspecified atom stereocenters. The molecule has 0 spiro atoms. The van der Waals surface area contributed by atoms with E-state index in [1.165, 1.54) is 4.31 Å². The Morgan fingerprint density at radius 2 is 1.54 bits per heavy atom. The predicted octanol–water partition coefficient (Wildman–Crippen LogP) is 4.14. The Morgan fingerprint density at radius 1 is 0.897 bits per heavy atom. The van der Waals surface area contributed by atoms with Gasteiger partial charge in [-0.25, -0.2) is 13.1 Å². The summed E-state index contributed by atoms with van der Waals surface area (Å²) in [5, 5.41) is 5.38. The fourth-order valence-corrected chi connectivity index (χ4v) is 6.49. The number of nitrogens with zero attached hydrogens (tertiary/aromatic N) is 4. The van der Waals surface area contributed by atoms with E-state index in [-0.39, 0.29) is 25.4 Å². The molecule has 1 aromatic heterocycles. The molecular formula is C28H23ClN4O5S. The third kappa shape index (κ3) is 4.30. The second-order valence-corrected chi connectivity index (χ2v) is 11.8. The van der Waals surface area contributed by atoms with Gasteiger partial charge in [0.1, 0.15) is 11.4 Å². The molecule has 0 fully saturated rings. The van der Waals surface area contributed by atoms with Crippen LogP contribution in [0.5, 0.6) is 5.75 Å². The maximum absolute atomic E-state index is 13.4. The minimum atomic E-state index is -3.82. The molecule has 3 heterocycles. The Bertz CT molecular complexity index is 1700. The second kappa shape index (κ2) is 9.64. The summed E-state index contributed by atoms with van der Waals surface area (Å²) >= 11 is 6.13. The van der Waals surface area contributed by atoms with Crippen molar-refractivity contribution < 1.29 is 22.7 Å². The van der Waals surface area contributed by atoms with Crippen LogP contribution in [0.2, 0.25) is 5.02 Å². The number of methoxy groups -OCH3 is 1. The highest BCUT2D eigenvalue weighted by atomic mass is 35.5. The summed E-state index contributed by atoms with van der Waals surface area (Å²) in [5.74, 6) is -0.715. The van der Waals surface area contributed by atoms with Gasteiger partial charge >= 0.3 is 0 Å². The molecule has 6 rings (SSSR count). The van der Waals surface area contributed by atoms with Crippen molar-refractivity contribution in [3.63, 3.8) is 0 Å². The Morgan fingerprint density at radius 3 is 2.21 bits per heavy atom. The van der Waals surface area contributed by atoms with Gasteiger partial charge < -0.3 is 4.74 Å². The summed E-state index contributed by atoms with van der Waals surface area (Å²) in [6.07, 6.45) is 0. The Kier molecular flexibility index (Phi) is 6.25. The summed E-state index contributed by atoms with van der Waals surface area (Å²) in [6, 6.07) is 21.2. The lowest BCUT2D eigenvalue weighted by molar-refractivity contribution is 0.0663. The van der Waals surface area contributed by atoms with E-state index >= 15 is 0 Å². The predicted molar refractivity (Wildman–Crippen MR) is 145 cm³/mol. The zero-order chi connectivity index (χ0) is 27.3. The number of amides is 2. The first-order valence-corrected chi connectivity index (χ1v) is 14.2. The third-order valence-corrected chi connectivity index (χ3v) is 9.00. The zero-order valence-electron chi connectivity index (χ0n) is 20.9. The minimum Gasteiger partial charge on any atom is -0.494 e. The van der Waals surface area contributed by atoms with Crippen molar-refractivity contribution in [3.05, 3.63) is 100 Å². The van der Waals surface area contributed by atoms with E-state index in [9.17, 15) is 18.0 Å². The monoisotopic (exact) mass is 562 g/mol. The van der Waals surface area contributed by atoms with E-state index < -0.39 is 21.8 Å². The van der Waals surface area contributed by atoms with Gasteiger partial charge in [0.25, 0.3) is 11.8 Å². The number of carbonyl (C=O) groups is 2. The molecule has 39 heavy (non-hydrogen) atoms. The molecule has 198 valence electrons. The van der Waals surface area contributed by atoms with Crippen LogP contribution < -0.4 is 4.74 Å². The van der Waals surface area contributed by atoms with Crippen LogP contribution in [0, 0.1) is 0 Å². The molecule has 0 bridgehead atoms. The van der Waals surface area contributed by atoms with Crippen LogP contribution in [0.25, 0.3) is 16.9 Å². The van der Waals surface area contributed by atoms with E-state index in [1.807, 2.05) is 36.4 Å². The van der Waals surface area contributed by atoms with Gasteiger partial charge in [0.15, 0.2) is 0 Å². The molecule has 11 heteroatoms. The van der Waals surface area contributed by atoms with Gasteiger partial charge in [0.05, 0.1) is 41.9 Å². The van der Waals surface area contributed by atoms with Gasteiger partial charge in [-0.3, -0.25) is 14.5 Å². The van der Waals surface area contributed by atoms with Crippen molar-refractivity contribution in [2.45, 2.75) is 13.1 Å². The van der Waals surface area contributed by atoms with Crippen LogP contribution in [0.4, 0.5) is 0 Å². The van der Waals surface area contributed by atoms with Crippen LogP contribution in [0.15, 0.2) is 72.8 Å². The molecule has 0 aliphatic carbocycles. The molecule has 3 aromatic carbocycles. The highest BCUT2D eigenvalue weighted by Crippen LogP contribution is 2.38. The number of carbonyl (C=O) groups excluding carboxylic acids is 2. The van der Waals surface area contributed by atoms with Crippen LogP contribution >= 0.6 is 11.6 Å². The normalized spacial score (nSPS) is 15.1. The number of imide groups is 1. The lowest BCUT2D eigenvalue weighted by Crippen LogP contribution is -2.38. The zero-order valence-corrected chi connectivity index (χ0v) is 22.4. The van der Waals surface area contributed by atoms with Crippen LogP contribution in [-0.2, 0) is 23.1 Å². The number of fused-ring (bicyclic) bond motifs is 2. The standard InChI is InChI=1S/C28H23ClN4O5S/c1-38-25-9-5-4-8-24(25)33-26(18-10-12-19(29)13-11-18)22-16-31(17-23(22)30-33)39(36,37)15-14-32-27(34)20-6-2-3-7-21(20)28(32)35/h2-13H,14-17H2,1H3. The number of aromatic nitrogens is 2. The Labute approximate surface area is 230 Å². The molecule has 9 nitrogen and oxygen atoms in total. The number of hydrogen-bond acceptors (Lipinski definition) is 6. The van der Waals surface area contributed by atoms with E-state index in [4.69, 9.17) is 21.4 Å². The lowest BCUT2D eigenvalue weighted by Gasteiger charge is -2.20. The molecule has 2 aliphatic rings. The lowest BCUT2D eigenvalue weighted by atomic mass is 10.1. The van der Waals surface area contributed by atoms with Gasteiger partial charge in [-0.2, -0.15) is 9.40 Å². The van der Waals surface area contributed by atoms with E-state index in [1.54, 1.807) is 48.2 Å². The highest BCUT2D eigenvalue weighted by molar-refractivity contribution is 7.89. The largest absolute Gasteiger partial charge is 0.494 e. The van der Waals surface area contributed by atoms with Crippen molar-refractivity contribution in [1.82, 2.24) is 19.0 Å². The number of halogens is 1. The first-order chi connectivity index (χ1) is 18.8. The maximum atomic E-state index is 13.4. The van der Waals surface area contributed by atoms with Crippen molar-refractivity contribution >= 4 is 33.4 Å². The topological polar surface area (TPSA) is 102 Å². The highest BCUT2D eigenvalue weighted by Gasteiger charge is 2.39. The smallest absolute Gasteiger partial charge is 0.261 e. The summed E-state index contributed by atoms with van der Waals surface area (Å²) < 4.78 is 35.5. The second-order valence-electron chi connectivity index (χ2n) is 9.26. The molecule has 0 radical (unpaired) electrons. The van der Waals surface area contributed by atoms with E-state index in [0.717, 1.165) is 27.4 Å². The van der Waals surface area contributed by atoms with Gasteiger partial charge in [0.2, 0.25) is 10.0 Å². The van der Waals surface area contributed by atoms with Crippen LogP contribution in [-0.4, -0.2) is 58.6 Å². The molecule has 4 aromatic rings. The SMILES string of the molecule is COc1ccccc1-n1nc2c(c1-c1ccc(Cl)cc1)CN(S(=O)(=O)CCN1C(=O)c3ccccc3C1=O)C2. The molecule has 2 amide bonds. The molecule has 0 saturated heterocycles. The quantitative estimate of drug-likeness (QED) is 0.314. The summed E-state index contributed by atoms with van der Waals surface area (Å²) in [6.45, 7) is -0.0521.